The van der Waals surface area contributed by atoms with Crippen molar-refractivity contribution in [3.63, 3.8) is 0 Å². The molecule has 2 rings (SSSR count). The van der Waals surface area contributed by atoms with Gasteiger partial charge >= 0.3 is 6.09 Å². The van der Waals surface area contributed by atoms with Crippen molar-refractivity contribution >= 4 is 28.4 Å². The average molecular weight is 518 g/mol. The second kappa shape index (κ2) is 11.4. The Morgan fingerprint density at radius 3 is 2.34 bits per heavy atom. The van der Waals surface area contributed by atoms with E-state index < -0.39 is 52.6 Å². The lowest BCUT2D eigenvalue weighted by atomic mass is 9.96. The normalized spacial score (nSPS) is 19.4. The molecule has 0 unspecified atom stereocenters. The van der Waals surface area contributed by atoms with E-state index in [0.29, 0.717) is 6.42 Å². The zero-order valence-electron chi connectivity index (χ0n) is 22.8. The molecule has 1 heterocycles. The van der Waals surface area contributed by atoms with Crippen molar-refractivity contribution in [2.45, 2.75) is 96.6 Å². The van der Waals surface area contributed by atoms with Gasteiger partial charge in [-0.05, 0) is 30.1 Å². The molecular weight excluding hydrogens is 474 g/mol. The Labute approximate surface area is 213 Å². The van der Waals surface area contributed by atoms with Crippen molar-refractivity contribution in [3.05, 3.63) is 35.9 Å². The van der Waals surface area contributed by atoms with Crippen LogP contribution in [0, 0.1) is 17.4 Å². The molecule has 1 aliphatic rings. The summed E-state index contributed by atoms with van der Waals surface area (Å²) in [6.45, 7) is 19.1. The van der Waals surface area contributed by atoms with E-state index in [2.05, 4.69) is 65.0 Å². The van der Waals surface area contributed by atoms with Gasteiger partial charge in [-0.1, -0.05) is 83.6 Å². The van der Waals surface area contributed by atoms with Crippen molar-refractivity contribution in [2.75, 3.05) is 6.61 Å². The van der Waals surface area contributed by atoms with Gasteiger partial charge in [0.25, 0.3) is 0 Å². The molecule has 0 spiro atoms. The number of aliphatic hydroxyl groups excluding tert-OH is 1. The fraction of sp³-hybridized carbons (Fsp3) is 0.630. The van der Waals surface area contributed by atoms with E-state index in [4.69, 9.17) is 9.16 Å². The molecule has 1 N–H and O–H groups in total. The van der Waals surface area contributed by atoms with Crippen LogP contribution in [0.15, 0.2) is 30.3 Å². The van der Waals surface area contributed by atoms with Crippen LogP contribution >= 0.6 is 0 Å². The maximum absolute atomic E-state index is 13.3. The molecule has 2 amide bonds. The van der Waals surface area contributed by atoms with Gasteiger partial charge in [-0.15, -0.1) is 5.54 Å². The SMILES string of the molecule is C[C@@H](C(=O)N1C(=O)OC[C@H]1Cc1ccccc1)[C@@H](O)C[C@@H](C#C[Si](C)(C)C)O[Si](C)(C)C(C)(C)C. The third-order valence-corrected chi connectivity index (χ3v) is 12.2. The van der Waals surface area contributed by atoms with Crippen molar-refractivity contribution in [2.24, 2.45) is 5.92 Å². The van der Waals surface area contributed by atoms with Crippen LogP contribution in [-0.4, -0.2) is 63.3 Å². The molecule has 0 saturated carbocycles. The number of benzene rings is 1. The third-order valence-electron chi connectivity index (χ3n) is 6.79. The summed E-state index contributed by atoms with van der Waals surface area (Å²) in [7, 11) is -3.81. The molecule has 194 valence electrons. The first kappa shape index (κ1) is 29.3. The third kappa shape index (κ3) is 8.31. The summed E-state index contributed by atoms with van der Waals surface area (Å²) in [6.07, 6.45) is -1.40. The number of nitrogens with zero attached hydrogens (tertiary/aromatic N) is 1. The van der Waals surface area contributed by atoms with Crippen molar-refractivity contribution in [1.82, 2.24) is 4.90 Å². The fourth-order valence-corrected chi connectivity index (χ4v) is 5.35. The zero-order chi connectivity index (χ0) is 26.6. The molecule has 1 saturated heterocycles. The fourth-order valence-electron chi connectivity index (χ4n) is 3.54. The molecule has 6 nitrogen and oxygen atoms in total. The molecule has 1 aliphatic heterocycles. The van der Waals surface area contributed by atoms with Crippen LogP contribution in [0.3, 0.4) is 0 Å². The minimum absolute atomic E-state index is 0.0115. The van der Waals surface area contributed by atoms with Gasteiger partial charge in [0.1, 0.15) is 20.8 Å². The van der Waals surface area contributed by atoms with Crippen LogP contribution in [-0.2, 0) is 20.4 Å². The van der Waals surface area contributed by atoms with E-state index in [9.17, 15) is 14.7 Å². The van der Waals surface area contributed by atoms with Gasteiger partial charge in [-0.25, -0.2) is 9.69 Å². The first-order valence-corrected chi connectivity index (χ1v) is 18.8. The van der Waals surface area contributed by atoms with E-state index in [-0.39, 0.29) is 18.1 Å². The molecule has 0 aromatic heterocycles. The second-order valence-corrected chi connectivity index (χ2v) is 21.6. The van der Waals surface area contributed by atoms with Crippen LogP contribution < -0.4 is 0 Å². The first-order chi connectivity index (χ1) is 16.0. The number of imide groups is 1. The summed E-state index contributed by atoms with van der Waals surface area (Å²) in [6, 6.07) is 9.31. The summed E-state index contributed by atoms with van der Waals surface area (Å²) in [4.78, 5) is 27.0. The standard InChI is InChI=1S/C27H43NO5Si2/c1-20(25(30)28-22(19-32-26(28)31)17-21-13-11-10-12-14-21)24(29)18-23(15-16-34(5,6)7)33-35(8,9)27(2,3)4/h10-14,20,22-24,29H,17-19H2,1-9H3/t20-,22-,23-,24+/m1/s1. The zero-order valence-corrected chi connectivity index (χ0v) is 24.8. The first-order valence-electron chi connectivity index (χ1n) is 12.4. The molecule has 4 atom stereocenters. The van der Waals surface area contributed by atoms with Crippen LogP contribution in [0.5, 0.6) is 0 Å². The highest BCUT2D eigenvalue weighted by atomic mass is 28.4. The lowest BCUT2D eigenvalue weighted by Crippen LogP contribution is -2.47. The lowest BCUT2D eigenvalue weighted by molar-refractivity contribution is -0.136. The Morgan fingerprint density at radius 2 is 1.80 bits per heavy atom. The van der Waals surface area contributed by atoms with Crippen molar-refractivity contribution in [3.8, 4) is 11.5 Å². The number of hydrogen-bond acceptors (Lipinski definition) is 5. The van der Waals surface area contributed by atoms with Crippen LogP contribution in [0.4, 0.5) is 4.79 Å². The summed E-state index contributed by atoms with van der Waals surface area (Å²) in [5.41, 5.74) is 4.39. The molecule has 0 radical (unpaired) electrons. The maximum atomic E-state index is 13.3. The van der Waals surface area contributed by atoms with Gasteiger partial charge in [-0.2, -0.15) is 0 Å². The smallest absolute Gasteiger partial charge is 0.416 e. The van der Waals surface area contributed by atoms with E-state index in [0.717, 1.165) is 5.56 Å². The molecule has 1 aromatic rings. The van der Waals surface area contributed by atoms with Gasteiger partial charge in [-0.3, -0.25) is 4.79 Å². The largest absolute Gasteiger partial charge is 0.447 e. The predicted molar refractivity (Wildman–Crippen MR) is 145 cm³/mol. The van der Waals surface area contributed by atoms with Gasteiger partial charge in [0.05, 0.1) is 18.1 Å². The highest BCUT2D eigenvalue weighted by molar-refractivity contribution is 6.83. The number of rotatable bonds is 8. The number of carbonyl (C=O) groups excluding carboxylic acids is 2. The van der Waals surface area contributed by atoms with Crippen LogP contribution in [0.25, 0.3) is 0 Å². The Bertz CT molecular complexity index is 940. The topological polar surface area (TPSA) is 76.1 Å². The van der Waals surface area contributed by atoms with Crippen molar-refractivity contribution in [1.29, 1.82) is 0 Å². The lowest BCUT2D eigenvalue weighted by Gasteiger charge is -2.38. The van der Waals surface area contributed by atoms with Gasteiger partial charge in [0.15, 0.2) is 8.32 Å². The number of aliphatic hydroxyl groups is 1. The molecule has 1 fully saturated rings. The summed E-state index contributed by atoms with van der Waals surface area (Å²) < 4.78 is 11.8. The van der Waals surface area contributed by atoms with Crippen molar-refractivity contribution < 1.29 is 23.9 Å². The van der Waals surface area contributed by atoms with E-state index in [1.165, 1.54) is 4.90 Å². The molecule has 8 heteroatoms. The molecule has 35 heavy (non-hydrogen) atoms. The summed E-state index contributed by atoms with van der Waals surface area (Å²) in [5.74, 6) is 2.06. The van der Waals surface area contributed by atoms with Crippen LogP contribution in [0.1, 0.15) is 39.7 Å². The highest BCUT2D eigenvalue weighted by Gasteiger charge is 2.43. The van der Waals surface area contributed by atoms with Gasteiger partial charge in [0, 0.05) is 6.42 Å². The van der Waals surface area contributed by atoms with Gasteiger partial charge < -0.3 is 14.3 Å². The molecule has 0 aliphatic carbocycles. The second-order valence-electron chi connectivity index (χ2n) is 12.1. The Balaban J connectivity index is 2.18. The predicted octanol–water partition coefficient (Wildman–Crippen LogP) is 5.23. The Morgan fingerprint density at radius 1 is 1.20 bits per heavy atom. The molecule has 1 aromatic carbocycles. The van der Waals surface area contributed by atoms with Crippen LogP contribution in [0.2, 0.25) is 37.8 Å². The highest BCUT2D eigenvalue weighted by Crippen LogP contribution is 2.38. The summed E-state index contributed by atoms with van der Waals surface area (Å²) >= 11 is 0. The maximum Gasteiger partial charge on any atom is 0.416 e. The minimum Gasteiger partial charge on any atom is -0.447 e. The number of hydrogen-bond donors (Lipinski definition) is 1. The average Bonchev–Trinajstić information content (AvgIpc) is 3.10. The number of amides is 2. The Kier molecular flexibility index (Phi) is 9.56. The number of cyclic esters (lactones) is 1. The van der Waals surface area contributed by atoms with E-state index >= 15 is 0 Å². The number of ether oxygens (including phenoxy) is 1. The Hall–Kier alpha value is -1.93. The van der Waals surface area contributed by atoms with E-state index in [1.807, 2.05) is 30.3 Å². The monoisotopic (exact) mass is 517 g/mol. The molecular formula is C27H43NO5Si2. The minimum atomic E-state index is -2.15. The van der Waals surface area contributed by atoms with Gasteiger partial charge in [0.2, 0.25) is 5.91 Å². The quantitative estimate of drug-likeness (QED) is 0.377. The van der Waals surface area contributed by atoms with E-state index in [1.54, 1.807) is 6.92 Å². The molecule has 0 bridgehead atoms. The number of carbonyl (C=O) groups is 2. The summed E-state index contributed by atoms with van der Waals surface area (Å²) in [5, 5.41) is 11.1.